The number of anilines is 1. The molecule has 1 aliphatic carbocycles. The molecule has 0 saturated carbocycles. The summed E-state index contributed by atoms with van der Waals surface area (Å²) in [6, 6.07) is 0. The minimum atomic E-state index is 0.703. The first-order valence-corrected chi connectivity index (χ1v) is 6.06. The van der Waals surface area contributed by atoms with E-state index in [2.05, 4.69) is 20.5 Å². The molecule has 18 heavy (non-hydrogen) atoms. The van der Waals surface area contributed by atoms with Crippen LogP contribution >= 0.6 is 0 Å². The van der Waals surface area contributed by atoms with Gasteiger partial charge in [0.15, 0.2) is 5.82 Å². The molecule has 0 unspecified atom stereocenters. The highest BCUT2D eigenvalue weighted by atomic mass is 15.3. The highest BCUT2D eigenvalue weighted by Crippen LogP contribution is 2.29. The Morgan fingerprint density at radius 2 is 2.17 bits per heavy atom. The van der Waals surface area contributed by atoms with Crippen molar-refractivity contribution in [2.24, 2.45) is 12.9 Å². The lowest BCUT2D eigenvalue weighted by molar-refractivity contribution is 0.756. The van der Waals surface area contributed by atoms with Crippen molar-refractivity contribution in [3.8, 4) is 11.4 Å². The summed E-state index contributed by atoms with van der Waals surface area (Å²) in [6.45, 7) is 1.96. The van der Waals surface area contributed by atoms with Crippen molar-refractivity contribution in [3.05, 3.63) is 23.1 Å². The number of nitrogens with one attached hydrogen (secondary N) is 1. The lowest BCUT2D eigenvalue weighted by atomic mass is 10.2. The largest absolute Gasteiger partial charge is 0.308 e. The predicted molar refractivity (Wildman–Crippen MR) is 68.8 cm³/mol. The van der Waals surface area contributed by atoms with E-state index in [0.717, 1.165) is 47.6 Å². The molecule has 6 heteroatoms. The van der Waals surface area contributed by atoms with Crippen molar-refractivity contribution in [3.63, 3.8) is 0 Å². The van der Waals surface area contributed by atoms with E-state index >= 15 is 0 Å². The maximum Gasteiger partial charge on any atom is 0.165 e. The lowest BCUT2D eigenvalue weighted by Gasteiger charge is -2.08. The molecule has 0 spiro atoms. The van der Waals surface area contributed by atoms with Crippen molar-refractivity contribution >= 4 is 5.82 Å². The number of fused-ring (bicyclic) bond motifs is 1. The maximum atomic E-state index is 5.55. The predicted octanol–water partition coefficient (Wildman–Crippen LogP) is 0.960. The highest BCUT2D eigenvalue weighted by Gasteiger charge is 2.20. The van der Waals surface area contributed by atoms with Gasteiger partial charge in [-0.2, -0.15) is 5.10 Å². The molecule has 0 atom stereocenters. The molecular weight excluding hydrogens is 228 g/mol. The van der Waals surface area contributed by atoms with Gasteiger partial charge in [-0.1, -0.05) is 0 Å². The standard InChI is InChI=1S/C12H16N6/c1-7-9(6-18(2)17-7)11-14-10-5-3-4-8(10)12(15-11)16-13/h6H,3-5,13H2,1-2H3,(H,14,15,16). The third kappa shape index (κ3) is 1.65. The first kappa shape index (κ1) is 11.2. The van der Waals surface area contributed by atoms with Gasteiger partial charge in [0, 0.05) is 24.5 Å². The molecular formula is C12H16N6. The zero-order valence-corrected chi connectivity index (χ0v) is 10.6. The summed E-state index contributed by atoms with van der Waals surface area (Å²) >= 11 is 0. The summed E-state index contributed by atoms with van der Waals surface area (Å²) in [5, 5.41) is 4.32. The maximum absolute atomic E-state index is 5.55. The molecule has 2 heterocycles. The van der Waals surface area contributed by atoms with Gasteiger partial charge >= 0.3 is 0 Å². The van der Waals surface area contributed by atoms with Crippen molar-refractivity contribution in [1.82, 2.24) is 19.7 Å². The van der Waals surface area contributed by atoms with Crippen LogP contribution in [0.1, 0.15) is 23.4 Å². The highest BCUT2D eigenvalue weighted by molar-refractivity contribution is 5.61. The van der Waals surface area contributed by atoms with Crippen molar-refractivity contribution in [2.75, 3.05) is 5.43 Å². The van der Waals surface area contributed by atoms with Gasteiger partial charge in [0.2, 0.25) is 0 Å². The molecule has 1 aliphatic rings. The van der Waals surface area contributed by atoms with E-state index in [1.165, 1.54) is 0 Å². The number of hydrogen-bond acceptors (Lipinski definition) is 5. The second-order valence-electron chi connectivity index (χ2n) is 4.62. The van der Waals surface area contributed by atoms with Crippen LogP contribution < -0.4 is 11.3 Å². The lowest BCUT2D eigenvalue weighted by Crippen LogP contribution is -2.12. The van der Waals surface area contributed by atoms with E-state index in [1.807, 2.05) is 20.2 Å². The van der Waals surface area contributed by atoms with E-state index in [1.54, 1.807) is 4.68 Å². The Kier molecular flexibility index (Phi) is 2.52. The molecule has 0 aliphatic heterocycles. The molecule has 0 radical (unpaired) electrons. The molecule has 0 bridgehead atoms. The molecule has 6 nitrogen and oxygen atoms in total. The van der Waals surface area contributed by atoms with Crippen LogP contribution in [0.25, 0.3) is 11.4 Å². The Morgan fingerprint density at radius 3 is 2.83 bits per heavy atom. The Bertz CT molecular complexity index is 601. The smallest absolute Gasteiger partial charge is 0.165 e. The molecule has 0 fully saturated rings. The Hall–Kier alpha value is -1.95. The number of nitrogen functional groups attached to an aromatic ring is 1. The van der Waals surface area contributed by atoms with Gasteiger partial charge in [-0.05, 0) is 26.2 Å². The zero-order valence-electron chi connectivity index (χ0n) is 10.6. The molecule has 3 N–H and O–H groups in total. The van der Waals surface area contributed by atoms with Gasteiger partial charge in [-0.3, -0.25) is 4.68 Å². The van der Waals surface area contributed by atoms with Crippen LogP contribution in [0.2, 0.25) is 0 Å². The Morgan fingerprint density at radius 1 is 1.33 bits per heavy atom. The normalized spacial score (nSPS) is 13.7. The summed E-state index contributed by atoms with van der Waals surface area (Å²) in [6.07, 6.45) is 5.06. The zero-order chi connectivity index (χ0) is 12.7. The van der Waals surface area contributed by atoms with E-state index < -0.39 is 0 Å². The van der Waals surface area contributed by atoms with Crippen LogP contribution in [0.3, 0.4) is 0 Å². The number of hydrogen-bond donors (Lipinski definition) is 2. The number of nitrogens with zero attached hydrogens (tertiary/aromatic N) is 4. The third-order valence-corrected chi connectivity index (χ3v) is 3.32. The van der Waals surface area contributed by atoms with Gasteiger partial charge < -0.3 is 5.43 Å². The first-order valence-electron chi connectivity index (χ1n) is 6.06. The van der Waals surface area contributed by atoms with Crippen molar-refractivity contribution in [1.29, 1.82) is 0 Å². The second-order valence-corrected chi connectivity index (χ2v) is 4.62. The number of aromatic nitrogens is 4. The first-order chi connectivity index (χ1) is 8.69. The number of aryl methyl sites for hydroxylation is 3. The fraction of sp³-hybridized carbons (Fsp3) is 0.417. The summed E-state index contributed by atoms with van der Waals surface area (Å²) in [5.41, 5.74) is 6.84. The Balaban J connectivity index is 2.16. The van der Waals surface area contributed by atoms with Gasteiger partial charge in [-0.25, -0.2) is 15.8 Å². The van der Waals surface area contributed by atoms with Crippen LogP contribution in [0.15, 0.2) is 6.20 Å². The summed E-state index contributed by atoms with van der Waals surface area (Å²) in [7, 11) is 1.89. The van der Waals surface area contributed by atoms with Gasteiger partial charge in [0.25, 0.3) is 0 Å². The average molecular weight is 244 g/mol. The summed E-state index contributed by atoms with van der Waals surface area (Å²) in [5.74, 6) is 7.00. The molecule has 3 rings (SSSR count). The second kappa shape index (κ2) is 4.06. The Labute approximate surface area is 105 Å². The molecule has 0 amide bonds. The average Bonchev–Trinajstić information content (AvgIpc) is 2.93. The van der Waals surface area contributed by atoms with Gasteiger partial charge in [0.05, 0.1) is 11.3 Å². The van der Waals surface area contributed by atoms with Crippen molar-refractivity contribution < 1.29 is 0 Å². The topological polar surface area (TPSA) is 81.7 Å². The number of nitrogens with two attached hydrogens (primary N) is 1. The minimum absolute atomic E-state index is 0.703. The molecule has 2 aromatic heterocycles. The quantitative estimate of drug-likeness (QED) is 0.607. The fourth-order valence-corrected chi connectivity index (χ4v) is 2.49. The van der Waals surface area contributed by atoms with Crippen molar-refractivity contribution in [2.45, 2.75) is 26.2 Å². The van der Waals surface area contributed by atoms with E-state index in [9.17, 15) is 0 Å². The molecule has 0 aromatic carbocycles. The monoisotopic (exact) mass is 244 g/mol. The number of rotatable bonds is 2. The van der Waals surface area contributed by atoms with E-state index in [4.69, 9.17) is 5.84 Å². The van der Waals surface area contributed by atoms with Crippen LogP contribution in [-0.4, -0.2) is 19.7 Å². The van der Waals surface area contributed by atoms with Gasteiger partial charge in [0.1, 0.15) is 5.82 Å². The molecule has 0 saturated heterocycles. The van der Waals surface area contributed by atoms with Crippen LogP contribution in [-0.2, 0) is 19.9 Å². The molecule has 94 valence electrons. The van der Waals surface area contributed by atoms with Gasteiger partial charge in [-0.15, -0.1) is 0 Å². The van der Waals surface area contributed by atoms with Crippen LogP contribution in [0, 0.1) is 6.92 Å². The SMILES string of the molecule is Cc1nn(C)cc1-c1nc2c(c(NN)n1)CCC2. The fourth-order valence-electron chi connectivity index (χ4n) is 2.49. The number of hydrazine groups is 1. The van der Waals surface area contributed by atoms with E-state index in [-0.39, 0.29) is 0 Å². The van der Waals surface area contributed by atoms with Crippen LogP contribution in [0.4, 0.5) is 5.82 Å². The summed E-state index contributed by atoms with van der Waals surface area (Å²) < 4.78 is 1.77. The minimum Gasteiger partial charge on any atom is -0.308 e. The van der Waals surface area contributed by atoms with Crippen LogP contribution in [0.5, 0.6) is 0 Å². The summed E-state index contributed by atoms with van der Waals surface area (Å²) in [4.78, 5) is 9.15. The third-order valence-electron chi connectivity index (χ3n) is 3.32. The van der Waals surface area contributed by atoms with E-state index in [0.29, 0.717) is 5.82 Å². The molecule has 2 aromatic rings.